The lowest BCUT2D eigenvalue weighted by molar-refractivity contribution is 0.0530. The molecule has 0 unspecified atom stereocenters. The first-order valence-corrected chi connectivity index (χ1v) is 13.3. The van der Waals surface area contributed by atoms with Gasteiger partial charge in [-0.3, -0.25) is 4.79 Å². The van der Waals surface area contributed by atoms with Crippen LogP contribution in [0.1, 0.15) is 36.5 Å². The van der Waals surface area contributed by atoms with Crippen LogP contribution in [0, 0.1) is 0 Å². The maximum Gasteiger partial charge on any atom is 0.342 e. The number of esters is 1. The number of para-hydroxylation sites is 1. The Morgan fingerprint density at radius 1 is 1.08 bits per heavy atom. The molecule has 5 rings (SSSR count). The van der Waals surface area contributed by atoms with Crippen molar-refractivity contribution in [2.45, 2.75) is 26.2 Å². The topological polar surface area (TPSA) is 89.1 Å². The molecule has 188 valence electrons. The summed E-state index contributed by atoms with van der Waals surface area (Å²) in [5.41, 5.74) is 1.02. The summed E-state index contributed by atoms with van der Waals surface area (Å²) in [5, 5.41) is 1.04. The van der Waals surface area contributed by atoms with Crippen molar-refractivity contribution in [2.24, 2.45) is 9.98 Å². The van der Waals surface area contributed by atoms with Crippen LogP contribution in [0.3, 0.4) is 0 Å². The van der Waals surface area contributed by atoms with Crippen LogP contribution in [0.25, 0.3) is 15.9 Å². The maximum absolute atomic E-state index is 14.1. The number of piperidine rings is 1. The van der Waals surface area contributed by atoms with Crippen molar-refractivity contribution in [2.75, 3.05) is 24.6 Å². The molecular formula is C27H24ClN5O3S. The summed E-state index contributed by atoms with van der Waals surface area (Å²) >= 11 is 7.09. The smallest absolute Gasteiger partial charge is 0.342 e. The second-order valence-electron chi connectivity index (χ2n) is 8.42. The van der Waals surface area contributed by atoms with E-state index in [0.29, 0.717) is 27.2 Å². The van der Waals surface area contributed by atoms with Gasteiger partial charge in [-0.1, -0.05) is 41.1 Å². The predicted octanol–water partition coefficient (Wildman–Crippen LogP) is 6.40. The average molecular weight is 534 g/mol. The highest BCUT2D eigenvalue weighted by molar-refractivity contribution is 7.22. The van der Waals surface area contributed by atoms with Crippen molar-refractivity contribution in [3.63, 3.8) is 0 Å². The van der Waals surface area contributed by atoms with Gasteiger partial charge < -0.3 is 9.64 Å². The van der Waals surface area contributed by atoms with Gasteiger partial charge in [-0.25, -0.2) is 14.3 Å². The third-order valence-corrected chi connectivity index (χ3v) is 7.21. The SMILES string of the molecule is CCOC(=O)c1c(N=C=Nc2ccc(Cl)cc2)sc2nc(N3CCCCC3)n(-c3ccccc3)c(=O)c12. The van der Waals surface area contributed by atoms with Gasteiger partial charge >= 0.3 is 5.97 Å². The molecule has 1 aliphatic heterocycles. The van der Waals surface area contributed by atoms with Gasteiger partial charge in [-0.15, -0.1) is 0 Å². The van der Waals surface area contributed by atoms with Gasteiger partial charge in [0.15, 0.2) is 0 Å². The largest absolute Gasteiger partial charge is 0.462 e. The van der Waals surface area contributed by atoms with E-state index in [-0.39, 0.29) is 28.1 Å². The van der Waals surface area contributed by atoms with Crippen molar-refractivity contribution >= 4 is 61.8 Å². The zero-order valence-corrected chi connectivity index (χ0v) is 21.8. The molecule has 0 N–H and O–H groups in total. The molecule has 0 amide bonds. The molecule has 0 aliphatic carbocycles. The zero-order valence-electron chi connectivity index (χ0n) is 20.2. The highest BCUT2D eigenvalue weighted by atomic mass is 35.5. The molecule has 0 atom stereocenters. The fraction of sp³-hybridized carbons (Fsp3) is 0.259. The third kappa shape index (κ3) is 5.20. The molecule has 37 heavy (non-hydrogen) atoms. The first kappa shape index (κ1) is 24.9. The number of halogens is 1. The molecule has 1 aliphatic rings. The van der Waals surface area contributed by atoms with Crippen molar-refractivity contribution in [3.8, 4) is 5.69 Å². The molecule has 0 saturated carbocycles. The van der Waals surface area contributed by atoms with Crippen LogP contribution >= 0.6 is 22.9 Å². The minimum Gasteiger partial charge on any atom is -0.462 e. The molecule has 2 aromatic heterocycles. The lowest BCUT2D eigenvalue weighted by atomic mass is 10.1. The fourth-order valence-electron chi connectivity index (χ4n) is 4.26. The maximum atomic E-state index is 14.1. The minimum atomic E-state index is -0.634. The molecule has 4 aromatic rings. The van der Waals surface area contributed by atoms with Gasteiger partial charge in [0.25, 0.3) is 5.56 Å². The number of nitrogens with zero attached hydrogens (tertiary/aromatic N) is 5. The highest BCUT2D eigenvalue weighted by Gasteiger charge is 2.28. The van der Waals surface area contributed by atoms with Crippen LogP contribution in [0.5, 0.6) is 0 Å². The molecule has 0 spiro atoms. The van der Waals surface area contributed by atoms with Crippen molar-refractivity contribution in [1.29, 1.82) is 0 Å². The zero-order chi connectivity index (χ0) is 25.8. The van der Waals surface area contributed by atoms with E-state index < -0.39 is 5.97 Å². The Balaban J connectivity index is 1.73. The van der Waals surface area contributed by atoms with E-state index in [4.69, 9.17) is 21.3 Å². The summed E-state index contributed by atoms with van der Waals surface area (Å²) in [6, 6.07) is 18.9. The van der Waals surface area contributed by atoms with Gasteiger partial charge in [0.05, 0.1) is 23.4 Å². The third-order valence-electron chi connectivity index (χ3n) is 5.98. The number of hydrogen-bond acceptors (Lipinski definition) is 8. The first-order chi connectivity index (χ1) is 18.1. The monoisotopic (exact) mass is 533 g/mol. The van der Waals surface area contributed by atoms with Crippen LogP contribution in [-0.4, -0.2) is 41.2 Å². The average Bonchev–Trinajstić information content (AvgIpc) is 3.29. The molecule has 10 heteroatoms. The molecule has 3 heterocycles. The molecule has 0 radical (unpaired) electrons. The molecule has 8 nitrogen and oxygen atoms in total. The van der Waals surface area contributed by atoms with Crippen molar-refractivity contribution < 1.29 is 9.53 Å². The predicted molar refractivity (Wildman–Crippen MR) is 148 cm³/mol. The molecule has 1 saturated heterocycles. The number of benzene rings is 2. The second kappa shape index (κ2) is 11.1. The lowest BCUT2D eigenvalue weighted by Gasteiger charge is -2.29. The first-order valence-electron chi connectivity index (χ1n) is 12.1. The number of aromatic nitrogens is 2. The Hall–Kier alpha value is -3.78. The van der Waals surface area contributed by atoms with E-state index in [1.54, 1.807) is 35.8 Å². The number of carbonyl (C=O) groups excluding carboxylic acids is 1. The number of ether oxygens (including phenoxy) is 1. The summed E-state index contributed by atoms with van der Waals surface area (Å²) in [7, 11) is 0. The quantitative estimate of drug-likeness (QED) is 0.211. The molecule has 0 bridgehead atoms. The number of anilines is 1. The Morgan fingerprint density at radius 3 is 2.51 bits per heavy atom. The van der Waals surface area contributed by atoms with E-state index in [0.717, 1.165) is 43.7 Å². The van der Waals surface area contributed by atoms with E-state index in [2.05, 4.69) is 20.9 Å². The normalized spacial score (nSPS) is 13.3. The van der Waals surface area contributed by atoms with Gasteiger partial charge in [-0.2, -0.15) is 9.98 Å². The van der Waals surface area contributed by atoms with Gasteiger partial charge in [0.2, 0.25) is 5.95 Å². The second-order valence-corrected chi connectivity index (χ2v) is 9.83. The van der Waals surface area contributed by atoms with Crippen LogP contribution in [0.2, 0.25) is 5.02 Å². The van der Waals surface area contributed by atoms with Crippen LogP contribution in [0.4, 0.5) is 16.6 Å². The minimum absolute atomic E-state index is 0.0769. The fourth-order valence-corrected chi connectivity index (χ4v) is 5.36. The summed E-state index contributed by atoms with van der Waals surface area (Å²) in [5.74, 6) is -0.0737. The van der Waals surface area contributed by atoms with E-state index >= 15 is 0 Å². The standard InChI is InChI=1S/C27H24ClN5O3S/c1-2-36-26(35)22-21-24(37-23(22)30-17-29-19-13-11-18(28)12-14-19)31-27(32-15-7-4-8-16-32)33(25(21)34)20-9-5-3-6-10-20/h3,5-6,9-14H,2,4,7-8,15-16H2,1H3. The lowest BCUT2D eigenvalue weighted by Crippen LogP contribution is -2.36. The van der Waals surface area contributed by atoms with Crippen molar-refractivity contribution in [3.05, 3.63) is 75.5 Å². The van der Waals surface area contributed by atoms with Crippen LogP contribution < -0.4 is 10.5 Å². The summed E-state index contributed by atoms with van der Waals surface area (Å²) in [6.07, 6.45) is 3.20. The Morgan fingerprint density at radius 2 is 1.81 bits per heavy atom. The molecular weight excluding hydrogens is 510 g/mol. The number of fused-ring (bicyclic) bond motifs is 1. The van der Waals surface area contributed by atoms with E-state index in [1.165, 1.54) is 0 Å². The Kier molecular flexibility index (Phi) is 7.46. The van der Waals surface area contributed by atoms with E-state index in [1.807, 2.05) is 30.3 Å². The highest BCUT2D eigenvalue weighted by Crippen LogP contribution is 2.37. The summed E-state index contributed by atoms with van der Waals surface area (Å²) in [4.78, 5) is 43.1. The van der Waals surface area contributed by atoms with Gasteiger partial charge in [0, 0.05) is 18.1 Å². The van der Waals surface area contributed by atoms with Crippen LogP contribution in [0.15, 0.2) is 69.4 Å². The van der Waals surface area contributed by atoms with Crippen LogP contribution in [-0.2, 0) is 4.74 Å². The molecule has 1 fully saturated rings. The number of aliphatic imine (C=N–C) groups is 2. The Bertz CT molecular complexity index is 1550. The van der Waals surface area contributed by atoms with Crippen molar-refractivity contribution in [1.82, 2.24) is 9.55 Å². The number of thiophene rings is 1. The number of rotatable bonds is 6. The summed E-state index contributed by atoms with van der Waals surface area (Å²) < 4.78 is 6.89. The molecule has 2 aromatic carbocycles. The van der Waals surface area contributed by atoms with E-state index in [9.17, 15) is 9.59 Å². The van der Waals surface area contributed by atoms with Gasteiger partial charge in [0.1, 0.15) is 21.4 Å². The Labute approximate surface area is 222 Å². The number of hydrogen-bond donors (Lipinski definition) is 0. The van der Waals surface area contributed by atoms with Gasteiger partial charge in [-0.05, 0) is 62.6 Å². The number of carbonyl (C=O) groups is 1. The summed E-state index contributed by atoms with van der Waals surface area (Å²) in [6.45, 7) is 3.48.